The fourth-order valence-electron chi connectivity index (χ4n) is 3.35. The monoisotopic (exact) mass is 352 g/mol. The Labute approximate surface area is 136 Å². The van der Waals surface area contributed by atoms with Crippen LogP contribution in [0.2, 0.25) is 0 Å². The summed E-state index contributed by atoms with van der Waals surface area (Å²) in [6.45, 7) is 5.50. The number of rotatable bonds is 4. The first kappa shape index (κ1) is 16.5. The third-order valence-corrected chi connectivity index (χ3v) is 5.47. The van der Waals surface area contributed by atoms with E-state index in [0.717, 1.165) is 35.0 Å². The Morgan fingerprint density at radius 2 is 2.10 bits per heavy atom. The normalized spacial score (nSPS) is 22.1. The molecular weight excluding hydrogens is 328 g/mol. The summed E-state index contributed by atoms with van der Waals surface area (Å²) < 4.78 is 1.04. The van der Waals surface area contributed by atoms with E-state index in [1.807, 2.05) is 30.0 Å². The summed E-state index contributed by atoms with van der Waals surface area (Å²) in [5.74, 6) is 0.581. The van der Waals surface area contributed by atoms with Crippen LogP contribution in [0.15, 0.2) is 22.7 Å². The number of benzene rings is 1. The number of carbonyl (C=O) groups is 1. The van der Waals surface area contributed by atoms with Crippen molar-refractivity contribution in [3.05, 3.63) is 33.8 Å². The molecule has 0 spiro atoms. The number of nitrogens with two attached hydrogens (primary N) is 1. The fraction of sp³-hybridized carbons (Fsp3) is 0.588. The highest BCUT2D eigenvalue weighted by Crippen LogP contribution is 2.29. The first-order valence-electron chi connectivity index (χ1n) is 7.85. The summed E-state index contributed by atoms with van der Waals surface area (Å²) in [6, 6.07) is 6.13. The van der Waals surface area contributed by atoms with Crippen molar-refractivity contribution in [2.24, 2.45) is 11.7 Å². The van der Waals surface area contributed by atoms with E-state index in [4.69, 9.17) is 5.73 Å². The molecule has 0 bridgehead atoms. The molecule has 1 aliphatic carbocycles. The molecule has 21 heavy (non-hydrogen) atoms. The lowest BCUT2D eigenvalue weighted by Gasteiger charge is -2.39. The van der Waals surface area contributed by atoms with Gasteiger partial charge in [0.05, 0.1) is 0 Å². The quantitative estimate of drug-likeness (QED) is 0.896. The lowest BCUT2D eigenvalue weighted by Crippen LogP contribution is -2.48. The zero-order valence-corrected chi connectivity index (χ0v) is 14.5. The van der Waals surface area contributed by atoms with E-state index in [0.29, 0.717) is 18.5 Å². The second kappa shape index (κ2) is 7.41. The van der Waals surface area contributed by atoms with Crippen molar-refractivity contribution in [3.63, 3.8) is 0 Å². The van der Waals surface area contributed by atoms with Gasteiger partial charge in [0.1, 0.15) is 0 Å². The molecule has 2 atom stereocenters. The summed E-state index contributed by atoms with van der Waals surface area (Å²) in [7, 11) is 0. The lowest BCUT2D eigenvalue weighted by molar-refractivity contribution is 0.0560. The number of hydrogen-bond donors (Lipinski definition) is 1. The minimum absolute atomic E-state index is 0.137. The Balaban J connectivity index is 2.22. The molecular formula is C17H25BrN2O. The van der Waals surface area contributed by atoms with Gasteiger partial charge in [-0.05, 0) is 62.9 Å². The van der Waals surface area contributed by atoms with Gasteiger partial charge in [0.15, 0.2) is 0 Å². The predicted molar refractivity (Wildman–Crippen MR) is 90.4 cm³/mol. The maximum absolute atomic E-state index is 12.9. The van der Waals surface area contributed by atoms with Crippen LogP contribution in [0, 0.1) is 12.8 Å². The molecule has 1 aromatic rings. The van der Waals surface area contributed by atoms with Gasteiger partial charge < -0.3 is 10.6 Å². The second-order valence-corrected chi connectivity index (χ2v) is 6.76. The molecule has 1 saturated carbocycles. The summed E-state index contributed by atoms with van der Waals surface area (Å²) in [4.78, 5) is 14.9. The van der Waals surface area contributed by atoms with Crippen molar-refractivity contribution in [2.75, 3.05) is 13.1 Å². The molecule has 116 valence electrons. The van der Waals surface area contributed by atoms with E-state index in [-0.39, 0.29) is 5.91 Å². The standard InChI is InChI=1S/C17H25BrN2O/c1-3-20(16-7-5-4-6-14(16)11-19)17(21)13-8-9-15(18)12(2)10-13/h8-10,14,16H,3-7,11,19H2,1-2H3. The van der Waals surface area contributed by atoms with Crippen molar-refractivity contribution in [1.82, 2.24) is 4.90 Å². The van der Waals surface area contributed by atoms with Crippen LogP contribution in [0.25, 0.3) is 0 Å². The number of hydrogen-bond acceptors (Lipinski definition) is 2. The van der Waals surface area contributed by atoms with Crippen molar-refractivity contribution in [1.29, 1.82) is 0 Å². The zero-order valence-electron chi connectivity index (χ0n) is 12.9. The molecule has 0 aromatic heterocycles. The molecule has 0 heterocycles. The minimum atomic E-state index is 0.137. The minimum Gasteiger partial charge on any atom is -0.336 e. The molecule has 1 aromatic carbocycles. The van der Waals surface area contributed by atoms with Crippen LogP contribution in [0.1, 0.15) is 48.5 Å². The molecule has 2 rings (SSSR count). The van der Waals surface area contributed by atoms with E-state index >= 15 is 0 Å². The van der Waals surface area contributed by atoms with Gasteiger partial charge in [-0.3, -0.25) is 4.79 Å². The van der Waals surface area contributed by atoms with Crippen LogP contribution in [-0.4, -0.2) is 29.9 Å². The average molecular weight is 353 g/mol. The largest absolute Gasteiger partial charge is 0.336 e. The Kier molecular flexibility index (Phi) is 5.82. The maximum atomic E-state index is 12.9. The number of carbonyl (C=O) groups excluding carboxylic acids is 1. The number of amides is 1. The van der Waals surface area contributed by atoms with Crippen LogP contribution in [0.4, 0.5) is 0 Å². The summed E-state index contributed by atoms with van der Waals surface area (Å²) >= 11 is 3.49. The Morgan fingerprint density at radius 3 is 2.71 bits per heavy atom. The first-order valence-corrected chi connectivity index (χ1v) is 8.65. The van der Waals surface area contributed by atoms with Crippen molar-refractivity contribution in [3.8, 4) is 0 Å². The van der Waals surface area contributed by atoms with Crippen molar-refractivity contribution in [2.45, 2.75) is 45.6 Å². The smallest absolute Gasteiger partial charge is 0.254 e. The first-order chi connectivity index (χ1) is 10.1. The van der Waals surface area contributed by atoms with Gasteiger partial charge in [-0.1, -0.05) is 28.8 Å². The Bertz CT molecular complexity index is 504. The van der Waals surface area contributed by atoms with E-state index < -0.39 is 0 Å². The Hall–Kier alpha value is -0.870. The molecule has 0 saturated heterocycles. The van der Waals surface area contributed by atoms with Crippen LogP contribution in [0.3, 0.4) is 0 Å². The van der Waals surface area contributed by atoms with E-state index in [1.54, 1.807) is 0 Å². The fourth-order valence-corrected chi connectivity index (χ4v) is 3.59. The van der Waals surface area contributed by atoms with Gasteiger partial charge in [-0.25, -0.2) is 0 Å². The number of nitrogens with zero attached hydrogens (tertiary/aromatic N) is 1. The third-order valence-electron chi connectivity index (χ3n) is 4.58. The topological polar surface area (TPSA) is 46.3 Å². The van der Waals surface area contributed by atoms with Crippen LogP contribution < -0.4 is 5.73 Å². The van der Waals surface area contributed by atoms with Gasteiger partial charge in [0.25, 0.3) is 5.91 Å². The van der Waals surface area contributed by atoms with Gasteiger partial charge >= 0.3 is 0 Å². The maximum Gasteiger partial charge on any atom is 0.254 e. The molecule has 0 aliphatic heterocycles. The van der Waals surface area contributed by atoms with Crippen LogP contribution in [0.5, 0.6) is 0 Å². The SMILES string of the molecule is CCN(C(=O)c1ccc(Br)c(C)c1)C1CCCCC1CN. The lowest BCUT2D eigenvalue weighted by atomic mass is 9.83. The Morgan fingerprint density at radius 1 is 1.38 bits per heavy atom. The average Bonchev–Trinajstić information content (AvgIpc) is 2.51. The van der Waals surface area contributed by atoms with Crippen molar-refractivity contribution < 1.29 is 4.79 Å². The summed E-state index contributed by atoms with van der Waals surface area (Å²) in [5.41, 5.74) is 7.79. The van der Waals surface area contributed by atoms with Gasteiger partial charge in [0, 0.05) is 22.6 Å². The molecule has 0 radical (unpaired) electrons. The second-order valence-electron chi connectivity index (χ2n) is 5.90. The van der Waals surface area contributed by atoms with Crippen LogP contribution >= 0.6 is 15.9 Å². The molecule has 2 unspecified atom stereocenters. The van der Waals surface area contributed by atoms with E-state index in [2.05, 4.69) is 22.9 Å². The highest BCUT2D eigenvalue weighted by molar-refractivity contribution is 9.10. The van der Waals surface area contributed by atoms with E-state index in [1.165, 1.54) is 12.8 Å². The predicted octanol–water partition coefficient (Wildman–Crippen LogP) is 3.74. The number of halogens is 1. The number of aryl methyl sites for hydroxylation is 1. The zero-order chi connectivity index (χ0) is 15.4. The molecule has 4 heteroatoms. The van der Waals surface area contributed by atoms with Gasteiger partial charge in [-0.15, -0.1) is 0 Å². The summed E-state index contributed by atoms with van der Waals surface area (Å²) in [5, 5.41) is 0. The molecule has 1 amide bonds. The van der Waals surface area contributed by atoms with E-state index in [9.17, 15) is 4.79 Å². The third kappa shape index (κ3) is 3.67. The van der Waals surface area contributed by atoms with Crippen molar-refractivity contribution >= 4 is 21.8 Å². The molecule has 1 fully saturated rings. The molecule has 2 N–H and O–H groups in total. The summed E-state index contributed by atoms with van der Waals surface area (Å²) in [6.07, 6.45) is 4.66. The molecule has 1 aliphatic rings. The van der Waals surface area contributed by atoms with Gasteiger partial charge in [-0.2, -0.15) is 0 Å². The highest BCUT2D eigenvalue weighted by atomic mass is 79.9. The van der Waals surface area contributed by atoms with Gasteiger partial charge in [0.2, 0.25) is 0 Å². The van der Waals surface area contributed by atoms with Crippen LogP contribution in [-0.2, 0) is 0 Å². The highest BCUT2D eigenvalue weighted by Gasteiger charge is 2.31. The molecule has 3 nitrogen and oxygen atoms in total.